The summed E-state index contributed by atoms with van der Waals surface area (Å²) in [5, 5.41) is 0. The molecule has 10 heteroatoms. The zero-order chi connectivity index (χ0) is 28.8. The molecule has 1 aromatic carbocycles. The first kappa shape index (κ1) is 28.2. The number of allylic oxidation sites excluding steroid dienone is 1. The third-order valence-corrected chi connectivity index (χ3v) is 6.15. The standard InChI is InChI=1S/C28H23F2N5O3.C2H6.H2/c1-4-23-24(16(2)29)28(36)35(11-12-38-23)15-18-6-5-17(13-21(18)30)20-9-10-31-27-25(20)33-26(34-27)22-8-7-19(37-3)14-32-22;1-2;/h4-10,13-14H,1-2,11-12,15H2,3H3,(H,31,33,34);1-2H3;1H. The van der Waals surface area contributed by atoms with Crippen LogP contribution in [0, 0.1) is 5.82 Å². The van der Waals surface area contributed by atoms with Crippen molar-refractivity contribution in [1.82, 2.24) is 24.8 Å². The van der Waals surface area contributed by atoms with Crippen molar-refractivity contribution in [1.29, 1.82) is 0 Å². The van der Waals surface area contributed by atoms with Crippen LogP contribution < -0.4 is 4.74 Å². The van der Waals surface area contributed by atoms with Gasteiger partial charge in [0.2, 0.25) is 0 Å². The lowest BCUT2D eigenvalue weighted by Crippen LogP contribution is -2.33. The Balaban J connectivity index is 0.00000151. The number of hydrogen-bond acceptors (Lipinski definition) is 6. The Hall–Kier alpha value is -4.86. The number of halogens is 2. The van der Waals surface area contributed by atoms with Crippen LogP contribution in [0.4, 0.5) is 8.78 Å². The maximum atomic E-state index is 15.3. The van der Waals surface area contributed by atoms with Crippen LogP contribution >= 0.6 is 0 Å². The number of imidazole rings is 1. The van der Waals surface area contributed by atoms with E-state index in [9.17, 15) is 9.18 Å². The van der Waals surface area contributed by atoms with Gasteiger partial charge in [-0.15, -0.1) is 0 Å². The summed E-state index contributed by atoms with van der Waals surface area (Å²) in [5.41, 5.74) is 2.93. The molecule has 1 N–H and O–H groups in total. The summed E-state index contributed by atoms with van der Waals surface area (Å²) < 4.78 is 39.9. The molecule has 1 aliphatic heterocycles. The molecular weight excluding hydrogens is 516 g/mol. The van der Waals surface area contributed by atoms with Gasteiger partial charge in [-0.1, -0.05) is 39.1 Å². The number of methoxy groups -OCH3 is 1. The smallest absolute Gasteiger partial charge is 0.261 e. The Kier molecular flexibility index (Phi) is 8.68. The summed E-state index contributed by atoms with van der Waals surface area (Å²) in [6, 6.07) is 10.0. The second-order valence-corrected chi connectivity index (χ2v) is 8.46. The van der Waals surface area contributed by atoms with Crippen molar-refractivity contribution in [2.45, 2.75) is 20.4 Å². The van der Waals surface area contributed by atoms with Crippen LogP contribution in [0.15, 0.2) is 85.2 Å². The second-order valence-electron chi connectivity index (χ2n) is 8.46. The molecule has 0 saturated carbocycles. The lowest BCUT2D eigenvalue weighted by molar-refractivity contribution is -0.127. The number of amides is 1. The number of benzene rings is 1. The van der Waals surface area contributed by atoms with Crippen LogP contribution in [0.5, 0.6) is 5.75 Å². The highest BCUT2D eigenvalue weighted by atomic mass is 19.1. The van der Waals surface area contributed by atoms with Crippen molar-refractivity contribution in [2.75, 3.05) is 20.3 Å². The summed E-state index contributed by atoms with van der Waals surface area (Å²) >= 11 is 0. The quantitative estimate of drug-likeness (QED) is 0.288. The number of carbonyl (C=O) groups excluding carboxylic acids is 1. The largest absolute Gasteiger partial charge is 0.495 e. The number of ether oxygens (including phenoxy) is 2. The molecule has 0 saturated heterocycles. The third kappa shape index (κ3) is 5.61. The highest BCUT2D eigenvalue weighted by Gasteiger charge is 2.28. The van der Waals surface area contributed by atoms with E-state index in [1.165, 1.54) is 17.0 Å². The minimum Gasteiger partial charge on any atom is -0.495 e. The maximum Gasteiger partial charge on any atom is 0.261 e. The number of nitrogens with one attached hydrogen (secondary N) is 1. The highest BCUT2D eigenvalue weighted by Crippen LogP contribution is 2.30. The van der Waals surface area contributed by atoms with Gasteiger partial charge in [-0.25, -0.2) is 23.7 Å². The van der Waals surface area contributed by atoms with E-state index in [1.807, 2.05) is 13.8 Å². The molecule has 0 radical (unpaired) electrons. The van der Waals surface area contributed by atoms with Crippen LogP contribution in [0.3, 0.4) is 0 Å². The second kappa shape index (κ2) is 12.3. The SMILES string of the molecule is C=CC1=C(C(=C)F)C(=O)N(Cc2ccc(-c3ccnc4nc(-c5ccc(OC)cn5)[nH]c34)cc2F)CCO1.CC.[HH]. The van der Waals surface area contributed by atoms with Crippen molar-refractivity contribution in [3.05, 3.63) is 96.6 Å². The molecular formula is C30H31F2N5O3. The van der Waals surface area contributed by atoms with E-state index < -0.39 is 17.6 Å². The minimum absolute atomic E-state index is 0. The molecule has 4 aromatic rings. The van der Waals surface area contributed by atoms with E-state index in [0.29, 0.717) is 39.6 Å². The van der Waals surface area contributed by atoms with Gasteiger partial charge in [-0.05, 0) is 35.9 Å². The van der Waals surface area contributed by atoms with Crippen LogP contribution in [0.25, 0.3) is 33.8 Å². The lowest BCUT2D eigenvalue weighted by atomic mass is 10.0. The van der Waals surface area contributed by atoms with Crippen LogP contribution in [-0.2, 0) is 16.1 Å². The topological polar surface area (TPSA) is 93.2 Å². The van der Waals surface area contributed by atoms with E-state index >= 15 is 4.39 Å². The molecule has 4 heterocycles. The molecule has 8 nitrogen and oxygen atoms in total. The van der Waals surface area contributed by atoms with Crippen LogP contribution in [-0.4, -0.2) is 51.0 Å². The Bertz CT molecular complexity index is 1600. The molecule has 0 unspecified atom stereocenters. The zero-order valence-corrected chi connectivity index (χ0v) is 22.5. The maximum absolute atomic E-state index is 15.3. The molecule has 5 rings (SSSR count). The van der Waals surface area contributed by atoms with Crippen molar-refractivity contribution >= 4 is 17.1 Å². The molecule has 0 atom stereocenters. The van der Waals surface area contributed by atoms with Crippen molar-refractivity contribution in [3.8, 4) is 28.4 Å². The first-order valence-electron chi connectivity index (χ1n) is 12.7. The predicted octanol–water partition coefficient (Wildman–Crippen LogP) is 6.39. The number of carbonyl (C=O) groups is 1. The van der Waals surface area contributed by atoms with Gasteiger partial charge in [-0.2, -0.15) is 0 Å². The van der Waals surface area contributed by atoms with Gasteiger partial charge in [0.1, 0.15) is 41.0 Å². The number of hydrogen-bond donors (Lipinski definition) is 1. The van der Waals surface area contributed by atoms with E-state index in [-0.39, 0.29) is 38.0 Å². The molecule has 0 fully saturated rings. The molecule has 1 aliphatic rings. The van der Waals surface area contributed by atoms with Crippen LogP contribution in [0.2, 0.25) is 0 Å². The fourth-order valence-corrected chi connectivity index (χ4v) is 4.23. The third-order valence-electron chi connectivity index (χ3n) is 6.15. The first-order valence-corrected chi connectivity index (χ1v) is 12.7. The Labute approximate surface area is 232 Å². The minimum atomic E-state index is -0.932. The van der Waals surface area contributed by atoms with Gasteiger partial charge in [0.25, 0.3) is 5.91 Å². The summed E-state index contributed by atoms with van der Waals surface area (Å²) in [4.78, 5) is 30.7. The summed E-state index contributed by atoms with van der Waals surface area (Å²) in [6.45, 7) is 11.0. The van der Waals surface area contributed by atoms with Crippen LogP contribution in [0.1, 0.15) is 20.8 Å². The fraction of sp³-hybridized carbons (Fsp3) is 0.200. The summed E-state index contributed by atoms with van der Waals surface area (Å²) in [7, 11) is 1.56. The number of aromatic amines is 1. The van der Waals surface area contributed by atoms with E-state index in [4.69, 9.17) is 9.47 Å². The van der Waals surface area contributed by atoms with Crippen molar-refractivity contribution in [3.63, 3.8) is 0 Å². The Morgan fingerprint density at radius 2 is 2.05 bits per heavy atom. The molecule has 3 aromatic heterocycles. The summed E-state index contributed by atoms with van der Waals surface area (Å²) in [5.74, 6) is -0.934. The molecule has 0 aliphatic carbocycles. The van der Waals surface area contributed by atoms with E-state index in [0.717, 1.165) is 0 Å². The van der Waals surface area contributed by atoms with Gasteiger partial charge < -0.3 is 19.4 Å². The van der Waals surface area contributed by atoms with Gasteiger partial charge in [0.05, 0.1) is 25.4 Å². The van der Waals surface area contributed by atoms with Crippen molar-refractivity contribution < 1.29 is 24.5 Å². The average Bonchev–Trinajstić information content (AvgIpc) is 3.35. The monoisotopic (exact) mass is 547 g/mol. The van der Waals surface area contributed by atoms with Gasteiger partial charge >= 0.3 is 0 Å². The average molecular weight is 548 g/mol. The highest BCUT2D eigenvalue weighted by molar-refractivity contribution is 5.98. The normalized spacial score (nSPS) is 13.3. The molecule has 1 amide bonds. The fourth-order valence-electron chi connectivity index (χ4n) is 4.23. The molecule has 40 heavy (non-hydrogen) atoms. The predicted molar refractivity (Wildman–Crippen MR) is 151 cm³/mol. The zero-order valence-electron chi connectivity index (χ0n) is 22.5. The van der Waals surface area contributed by atoms with Crippen molar-refractivity contribution in [2.24, 2.45) is 0 Å². The number of fused-ring (bicyclic) bond motifs is 1. The molecule has 0 bridgehead atoms. The summed E-state index contributed by atoms with van der Waals surface area (Å²) in [6.07, 6.45) is 4.45. The van der Waals surface area contributed by atoms with E-state index in [1.54, 1.807) is 49.8 Å². The number of H-pyrrole nitrogens is 1. The van der Waals surface area contributed by atoms with Gasteiger partial charge in [0, 0.05) is 25.3 Å². The Morgan fingerprint density at radius 3 is 2.70 bits per heavy atom. The number of nitrogens with zero attached hydrogens (tertiary/aromatic N) is 4. The lowest BCUT2D eigenvalue weighted by Gasteiger charge is -2.21. The molecule has 208 valence electrons. The van der Waals surface area contributed by atoms with Gasteiger partial charge in [-0.3, -0.25) is 4.79 Å². The Morgan fingerprint density at radius 1 is 1.25 bits per heavy atom. The van der Waals surface area contributed by atoms with E-state index in [2.05, 4.69) is 33.1 Å². The molecule has 0 spiro atoms. The number of rotatable bonds is 7. The first-order chi connectivity index (χ1) is 19.4. The number of pyridine rings is 2. The number of aromatic nitrogens is 4. The van der Waals surface area contributed by atoms with Gasteiger partial charge in [0.15, 0.2) is 11.5 Å².